The fourth-order valence-corrected chi connectivity index (χ4v) is 11.5. The zero-order valence-electron chi connectivity index (χ0n) is 47.8. The molecule has 0 N–H and O–H groups in total. The van der Waals surface area contributed by atoms with E-state index in [1.54, 1.807) is 20.8 Å². The Morgan fingerprint density at radius 2 is 1.21 bits per heavy atom. The molecule has 0 atom stereocenters. The normalized spacial score (nSPS) is 13.1. The minimum atomic E-state index is -2.13. The van der Waals surface area contributed by atoms with Crippen LogP contribution in [-0.2, 0) is 43.1 Å². The summed E-state index contributed by atoms with van der Waals surface area (Å²) < 4.78 is 17.0. The van der Waals surface area contributed by atoms with Crippen LogP contribution in [0.1, 0.15) is 169 Å². The second-order valence-corrected chi connectivity index (χ2v) is 28.7. The summed E-state index contributed by atoms with van der Waals surface area (Å²) in [5.74, 6) is 0.617. The van der Waals surface area contributed by atoms with Crippen molar-refractivity contribution in [1.29, 1.82) is 0 Å². The van der Waals surface area contributed by atoms with Gasteiger partial charge >= 0.3 is 198 Å². The van der Waals surface area contributed by atoms with Crippen LogP contribution in [0.3, 0.4) is 0 Å². The Morgan fingerprint density at radius 3 is 1.66 bits per heavy atom. The first-order valence-corrected chi connectivity index (χ1v) is 30.9. The molecule has 0 aromatic heterocycles. The molecule has 1 heterocycles. The van der Waals surface area contributed by atoms with Gasteiger partial charge in [0.25, 0.3) is 0 Å². The number of aryl methyl sites for hydroxylation is 6. The first-order chi connectivity index (χ1) is 33.7. The Bertz CT molecular complexity index is 2640. The summed E-state index contributed by atoms with van der Waals surface area (Å²) in [6.07, 6.45) is 3.32. The van der Waals surface area contributed by atoms with Crippen molar-refractivity contribution in [3.05, 3.63) is 135 Å². The Balaban J connectivity index is 0.000000413. The van der Waals surface area contributed by atoms with Gasteiger partial charge in [-0.2, -0.15) is 6.67 Å². The summed E-state index contributed by atoms with van der Waals surface area (Å²) in [7, 11) is 16.7. The zero-order chi connectivity index (χ0) is 55.2. The number of hydrogen-bond donors (Lipinski definition) is 0. The van der Waals surface area contributed by atoms with Crippen molar-refractivity contribution in [3.8, 4) is 17.2 Å². The van der Waals surface area contributed by atoms with Crippen LogP contribution in [0, 0.1) is 81.5 Å². The summed E-state index contributed by atoms with van der Waals surface area (Å²) in [5, 5.41) is 0. The van der Waals surface area contributed by atoms with E-state index >= 15 is 0 Å². The molecule has 0 bridgehead atoms. The number of hydrogen-bond acceptors (Lipinski definition) is 7. The Morgan fingerprint density at radius 1 is 0.726 bits per heavy atom. The molecule has 4 aromatic rings. The SMILES string of the molecule is Cc1cc(C)c(N2[CH-]N(c3c(C)cc(C)cc3C)CC2)c(C)c1.[CH2-][O+](c1ccc(C(C)(C)CCC(=O)Oc2c(C)c(C)c(OC(=O)CC(=O)C(C)(C)C)c(C)c2C(C)(C)CC=C(C)C)cc1[CH]=[Ru]([Cl])[Cl])C(C)C. The predicted octanol–water partition coefficient (Wildman–Crippen LogP) is 16.3. The van der Waals surface area contributed by atoms with Gasteiger partial charge in [-0.1, -0.05) is 81.7 Å². The van der Waals surface area contributed by atoms with E-state index in [1.165, 1.54) is 50.3 Å². The number of ketones is 1. The maximum atomic E-state index is 13.7. The van der Waals surface area contributed by atoms with Gasteiger partial charge in [0.05, 0.1) is 0 Å². The third-order valence-corrected chi connectivity index (χ3v) is 15.8. The maximum absolute atomic E-state index is 13.7. The molecule has 1 aliphatic heterocycles. The van der Waals surface area contributed by atoms with E-state index in [1.807, 2.05) is 59.1 Å². The molecule has 0 spiro atoms. The average Bonchev–Trinajstić information content (AvgIpc) is 3.73. The number of benzene rings is 4. The van der Waals surface area contributed by atoms with E-state index in [4.69, 9.17) is 28.9 Å². The van der Waals surface area contributed by atoms with Gasteiger partial charge in [0, 0.05) is 29.9 Å². The van der Waals surface area contributed by atoms with Crippen LogP contribution < -0.4 is 19.3 Å². The quantitative estimate of drug-likeness (QED) is 0.0210. The summed E-state index contributed by atoms with van der Waals surface area (Å²) >= 11 is -2.13. The molecular weight excluding hydrogens is 1040 g/mol. The Labute approximate surface area is 453 Å². The van der Waals surface area contributed by atoms with E-state index in [0.717, 1.165) is 35.5 Å². The van der Waals surface area contributed by atoms with Crippen molar-refractivity contribution < 1.29 is 41.7 Å². The number of nitrogens with zero attached hydrogens (tertiary/aromatic N) is 2. The van der Waals surface area contributed by atoms with Gasteiger partial charge in [-0.3, -0.25) is 9.59 Å². The fourth-order valence-electron chi connectivity index (χ4n) is 9.73. The van der Waals surface area contributed by atoms with Crippen molar-refractivity contribution in [3.63, 3.8) is 0 Å². The molecule has 402 valence electrons. The standard InChI is InChI=1S/C41H58O6.C21H27N2.2ClH.Ru/c1-25(2)19-21-41(14,15)36-30(8)37(46-35(44)24-33(42)39(9,10)11)28(6)29(7)38(36)45-34(43)20-22-40(12,13)31-17-18-32(27(5)23-31)47(16)26(3)4;1-14-9-16(3)20(17(4)10-14)22-7-8-23(13-22)21-18(5)11-15(2)12-19(21)6;;;/h5,17-19,23,26H,16,20-22,24H2,1-4,6-15H3;9-13H,7-8H2,1-6H3;2*1H;/q;-1;;;+2/p-2. The molecule has 0 radical (unpaired) electrons. The van der Waals surface area contributed by atoms with Gasteiger partial charge in [0.2, 0.25) is 0 Å². The predicted molar refractivity (Wildman–Crippen MR) is 305 cm³/mol. The molecule has 1 aliphatic rings. The second-order valence-electron chi connectivity index (χ2n) is 23.0. The van der Waals surface area contributed by atoms with Gasteiger partial charge in [-0.25, -0.2) is 0 Å². The fraction of sp³-hybridized carbons (Fsp3) is 0.484. The first-order valence-electron chi connectivity index (χ1n) is 25.4. The molecule has 1 saturated heterocycles. The van der Waals surface area contributed by atoms with E-state index in [0.29, 0.717) is 41.0 Å². The van der Waals surface area contributed by atoms with Crippen molar-refractivity contribution in [1.82, 2.24) is 0 Å². The molecule has 0 amide bonds. The van der Waals surface area contributed by atoms with E-state index in [-0.39, 0.29) is 36.1 Å². The molecule has 11 heteroatoms. The van der Waals surface area contributed by atoms with E-state index in [9.17, 15) is 14.4 Å². The summed E-state index contributed by atoms with van der Waals surface area (Å²) in [6.45, 7) is 45.1. The van der Waals surface area contributed by atoms with E-state index in [2.05, 4.69) is 140 Å². The van der Waals surface area contributed by atoms with Gasteiger partial charge < -0.3 is 14.5 Å². The topological polar surface area (TPSA) is 78.9 Å². The summed E-state index contributed by atoms with van der Waals surface area (Å²) in [5.41, 5.74) is 15.4. The summed E-state index contributed by atoms with van der Waals surface area (Å²) in [6, 6.07) is 15.3. The van der Waals surface area contributed by atoms with Crippen LogP contribution in [0.4, 0.5) is 11.4 Å². The van der Waals surface area contributed by atoms with Gasteiger partial charge in [-0.15, -0.1) is 0 Å². The molecule has 0 unspecified atom stereocenters. The number of carbonyl (C=O) groups excluding carboxylic acids is 3. The zero-order valence-corrected chi connectivity index (χ0v) is 51.0. The van der Waals surface area contributed by atoms with Gasteiger partial charge in [0.15, 0.2) is 0 Å². The van der Waals surface area contributed by atoms with Gasteiger partial charge in [0.1, 0.15) is 18.0 Å². The number of Topliss-reactive ketones (excluding diaryl/α,β-unsaturated/α-hetero) is 1. The third kappa shape index (κ3) is 15.9. The van der Waals surface area contributed by atoms with Crippen LogP contribution in [0.25, 0.3) is 0 Å². The van der Waals surface area contributed by atoms with Crippen LogP contribution in [0.5, 0.6) is 17.2 Å². The second kappa shape index (κ2) is 25.0. The average molecular weight is 1130 g/mol. The Kier molecular flexibility index (Phi) is 21.0. The van der Waals surface area contributed by atoms with Crippen LogP contribution >= 0.6 is 19.4 Å². The van der Waals surface area contributed by atoms with Crippen molar-refractivity contribution in [2.75, 3.05) is 22.9 Å². The number of ether oxygens (including phenoxy) is 2. The van der Waals surface area contributed by atoms with Crippen molar-refractivity contribution >= 4 is 53.1 Å². The molecular formula is C62H85Cl2N2O6Ru-. The molecule has 0 saturated carbocycles. The number of allylic oxidation sites excluding steroid dienone is 2. The molecule has 73 heavy (non-hydrogen) atoms. The van der Waals surface area contributed by atoms with Crippen molar-refractivity contribution in [2.45, 2.75) is 181 Å². The van der Waals surface area contributed by atoms with Crippen LogP contribution in [-0.4, -0.2) is 41.5 Å². The van der Waals surface area contributed by atoms with Crippen molar-refractivity contribution in [2.24, 2.45) is 5.41 Å². The molecule has 0 aliphatic carbocycles. The van der Waals surface area contributed by atoms with Crippen LogP contribution in [0.15, 0.2) is 54.1 Å². The number of halogens is 2. The molecule has 4 aromatic carbocycles. The number of esters is 2. The number of rotatable bonds is 16. The van der Waals surface area contributed by atoms with Crippen LogP contribution in [0.2, 0.25) is 0 Å². The third-order valence-electron chi connectivity index (χ3n) is 13.9. The number of anilines is 2. The molecule has 8 nitrogen and oxygen atoms in total. The van der Waals surface area contributed by atoms with E-state index < -0.39 is 30.3 Å². The van der Waals surface area contributed by atoms with Gasteiger partial charge in [-0.05, 0) is 97.9 Å². The molecule has 1 fully saturated rings. The Hall–Kier alpha value is -4.30. The summed E-state index contributed by atoms with van der Waals surface area (Å²) in [4.78, 5) is 44.2. The molecule has 5 rings (SSSR count). The number of carbonyl (C=O) groups is 3. The first kappa shape index (κ1) is 61.3. The minimum absolute atomic E-state index is 0.105. The monoisotopic (exact) mass is 1130 g/mol.